The Labute approximate surface area is 116 Å². The second kappa shape index (κ2) is 6.84. The monoisotopic (exact) mass is 284 g/mol. The van der Waals surface area contributed by atoms with E-state index in [0.29, 0.717) is 29.4 Å². The maximum absolute atomic E-state index is 11.9. The SMILES string of the molecule is CCN(CC)C(=O)Nc1cc(C(N)=NO)ccc1Cl. The third-order valence-corrected chi connectivity index (χ3v) is 2.99. The molecule has 0 radical (unpaired) electrons. The number of urea groups is 1. The van der Waals surface area contributed by atoms with Crippen molar-refractivity contribution in [1.82, 2.24) is 4.90 Å². The Morgan fingerprint density at radius 2 is 2.11 bits per heavy atom. The van der Waals surface area contributed by atoms with Crippen LogP contribution in [0.1, 0.15) is 19.4 Å². The molecule has 0 fully saturated rings. The molecule has 1 rings (SSSR count). The maximum atomic E-state index is 11.9. The number of amidine groups is 1. The van der Waals surface area contributed by atoms with Crippen LogP contribution in [0, 0.1) is 0 Å². The maximum Gasteiger partial charge on any atom is 0.321 e. The molecule has 2 amide bonds. The van der Waals surface area contributed by atoms with Crippen molar-refractivity contribution in [3.05, 3.63) is 28.8 Å². The van der Waals surface area contributed by atoms with Gasteiger partial charge in [0.2, 0.25) is 0 Å². The summed E-state index contributed by atoms with van der Waals surface area (Å²) in [6, 6.07) is 4.49. The quantitative estimate of drug-likeness (QED) is 0.343. The molecule has 0 atom stereocenters. The molecule has 0 saturated carbocycles. The molecule has 0 saturated heterocycles. The first-order chi connectivity index (χ1) is 9.03. The number of carbonyl (C=O) groups excluding carboxylic acids is 1. The van der Waals surface area contributed by atoms with Crippen molar-refractivity contribution < 1.29 is 10.0 Å². The molecule has 0 bridgehead atoms. The zero-order chi connectivity index (χ0) is 14.4. The number of carbonyl (C=O) groups is 1. The number of halogens is 1. The molecule has 0 aliphatic rings. The highest BCUT2D eigenvalue weighted by Crippen LogP contribution is 2.23. The molecule has 0 aliphatic carbocycles. The van der Waals surface area contributed by atoms with Gasteiger partial charge in [-0.05, 0) is 32.0 Å². The highest BCUT2D eigenvalue weighted by Gasteiger charge is 2.12. The molecule has 0 spiro atoms. The van der Waals surface area contributed by atoms with Gasteiger partial charge in [0, 0.05) is 18.7 Å². The Morgan fingerprint density at radius 3 is 2.63 bits per heavy atom. The van der Waals surface area contributed by atoms with E-state index in [1.54, 1.807) is 23.1 Å². The van der Waals surface area contributed by atoms with E-state index < -0.39 is 0 Å². The van der Waals surface area contributed by atoms with Crippen molar-refractivity contribution in [3.8, 4) is 0 Å². The Hall–Kier alpha value is -1.95. The number of nitrogens with two attached hydrogens (primary N) is 1. The van der Waals surface area contributed by atoms with Crippen LogP contribution >= 0.6 is 11.6 Å². The van der Waals surface area contributed by atoms with Crippen LogP contribution < -0.4 is 11.1 Å². The summed E-state index contributed by atoms with van der Waals surface area (Å²) in [4.78, 5) is 13.5. The molecule has 0 heterocycles. The van der Waals surface area contributed by atoms with E-state index in [1.807, 2.05) is 13.8 Å². The number of oxime groups is 1. The number of rotatable bonds is 4. The summed E-state index contributed by atoms with van der Waals surface area (Å²) in [7, 11) is 0. The van der Waals surface area contributed by atoms with Gasteiger partial charge in [-0.3, -0.25) is 0 Å². The minimum atomic E-state index is -0.247. The van der Waals surface area contributed by atoms with Gasteiger partial charge in [-0.1, -0.05) is 16.8 Å². The standard InChI is InChI=1S/C12H17ClN4O2/c1-3-17(4-2)12(18)15-10-7-8(11(14)16-19)5-6-9(10)13/h5-7,19H,3-4H2,1-2H3,(H2,14,16)(H,15,18). The third kappa shape index (κ3) is 3.75. The molecule has 104 valence electrons. The van der Waals surface area contributed by atoms with Crippen molar-refractivity contribution in [3.63, 3.8) is 0 Å². The van der Waals surface area contributed by atoms with E-state index in [2.05, 4.69) is 10.5 Å². The molecule has 0 unspecified atom stereocenters. The van der Waals surface area contributed by atoms with E-state index in [4.69, 9.17) is 22.5 Å². The summed E-state index contributed by atoms with van der Waals surface area (Å²) in [5.41, 5.74) is 6.38. The number of amides is 2. The molecule has 6 nitrogen and oxygen atoms in total. The Kier molecular flexibility index (Phi) is 5.44. The third-order valence-electron chi connectivity index (χ3n) is 2.66. The second-order valence-electron chi connectivity index (χ2n) is 3.78. The van der Waals surface area contributed by atoms with E-state index in [1.165, 1.54) is 0 Å². The molecular weight excluding hydrogens is 268 g/mol. The van der Waals surface area contributed by atoms with Crippen LogP contribution in [0.25, 0.3) is 0 Å². The van der Waals surface area contributed by atoms with Crippen molar-refractivity contribution >= 4 is 29.2 Å². The van der Waals surface area contributed by atoms with E-state index in [-0.39, 0.29) is 11.9 Å². The minimum absolute atomic E-state index is 0.0463. The largest absolute Gasteiger partial charge is 0.409 e. The van der Waals surface area contributed by atoms with Crippen molar-refractivity contribution in [2.75, 3.05) is 18.4 Å². The van der Waals surface area contributed by atoms with Crippen LogP contribution in [0.3, 0.4) is 0 Å². The molecule has 1 aromatic carbocycles. The lowest BCUT2D eigenvalue weighted by Crippen LogP contribution is -2.34. The molecular formula is C12H17ClN4O2. The molecule has 7 heteroatoms. The number of hydrogen-bond donors (Lipinski definition) is 3. The zero-order valence-corrected chi connectivity index (χ0v) is 11.6. The Balaban J connectivity index is 2.97. The average molecular weight is 285 g/mol. The molecule has 19 heavy (non-hydrogen) atoms. The predicted octanol–water partition coefficient (Wildman–Crippen LogP) is 2.31. The predicted molar refractivity (Wildman–Crippen MR) is 75.9 cm³/mol. The summed E-state index contributed by atoms with van der Waals surface area (Å²) >= 11 is 6.00. The highest BCUT2D eigenvalue weighted by atomic mass is 35.5. The van der Waals surface area contributed by atoms with Crippen LogP contribution in [-0.4, -0.2) is 35.1 Å². The van der Waals surface area contributed by atoms with Gasteiger partial charge in [-0.15, -0.1) is 0 Å². The first-order valence-corrected chi connectivity index (χ1v) is 6.24. The van der Waals surface area contributed by atoms with Crippen LogP contribution in [-0.2, 0) is 0 Å². The number of nitrogens with one attached hydrogen (secondary N) is 1. The zero-order valence-electron chi connectivity index (χ0n) is 10.9. The lowest BCUT2D eigenvalue weighted by molar-refractivity contribution is 0.217. The Morgan fingerprint density at radius 1 is 1.47 bits per heavy atom. The second-order valence-corrected chi connectivity index (χ2v) is 4.19. The van der Waals surface area contributed by atoms with Crippen molar-refractivity contribution in [2.24, 2.45) is 10.9 Å². The molecule has 0 aromatic heterocycles. The fourth-order valence-corrected chi connectivity index (χ4v) is 1.71. The van der Waals surface area contributed by atoms with Gasteiger partial charge in [0.15, 0.2) is 5.84 Å². The summed E-state index contributed by atoms with van der Waals surface area (Å²) in [5.74, 6) is -0.0463. The minimum Gasteiger partial charge on any atom is -0.409 e. The lowest BCUT2D eigenvalue weighted by Gasteiger charge is -2.19. The first-order valence-electron chi connectivity index (χ1n) is 5.86. The van der Waals surface area contributed by atoms with Gasteiger partial charge < -0.3 is 21.2 Å². The lowest BCUT2D eigenvalue weighted by atomic mass is 10.2. The van der Waals surface area contributed by atoms with E-state index in [9.17, 15) is 4.79 Å². The summed E-state index contributed by atoms with van der Waals surface area (Å²) in [5, 5.41) is 14.6. The molecule has 4 N–H and O–H groups in total. The van der Waals surface area contributed by atoms with Crippen molar-refractivity contribution in [1.29, 1.82) is 0 Å². The van der Waals surface area contributed by atoms with Crippen LogP contribution in [0.4, 0.5) is 10.5 Å². The fraction of sp³-hybridized carbons (Fsp3) is 0.333. The molecule has 1 aromatic rings. The fourth-order valence-electron chi connectivity index (χ4n) is 1.54. The number of benzene rings is 1. The van der Waals surface area contributed by atoms with Crippen LogP contribution in [0.5, 0.6) is 0 Å². The number of nitrogens with zero attached hydrogens (tertiary/aromatic N) is 2. The van der Waals surface area contributed by atoms with E-state index in [0.717, 1.165) is 0 Å². The topological polar surface area (TPSA) is 91.0 Å². The van der Waals surface area contributed by atoms with Gasteiger partial charge in [-0.25, -0.2) is 4.79 Å². The normalized spacial score (nSPS) is 11.2. The van der Waals surface area contributed by atoms with Gasteiger partial charge in [0.05, 0.1) is 10.7 Å². The van der Waals surface area contributed by atoms with E-state index >= 15 is 0 Å². The van der Waals surface area contributed by atoms with Crippen LogP contribution in [0.15, 0.2) is 23.4 Å². The van der Waals surface area contributed by atoms with Gasteiger partial charge >= 0.3 is 6.03 Å². The number of anilines is 1. The summed E-state index contributed by atoms with van der Waals surface area (Å²) in [6.07, 6.45) is 0. The summed E-state index contributed by atoms with van der Waals surface area (Å²) in [6.45, 7) is 4.97. The smallest absolute Gasteiger partial charge is 0.321 e. The number of hydrogen-bond acceptors (Lipinski definition) is 3. The highest BCUT2D eigenvalue weighted by molar-refractivity contribution is 6.33. The van der Waals surface area contributed by atoms with Gasteiger partial charge in [0.1, 0.15) is 0 Å². The Bertz CT molecular complexity index is 487. The van der Waals surface area contributed by atoms with Crippen molar-refractivity contribution in [2.45, 2.75) is 13.8 Å². The average Bonchev–Trinajstić information content (AvgIpc) is 2.41. The van der Waals surface area contributed by atoms with Crippen LogP contribution in [0.2, 0.25) is 5.02 Å². The summed E-state index contributed by atoms with van der Waals surface area (Å²) < 4.78 is 0. The van der Waals surface area contributed by atoms with Gasteiger partial charge in [-0.2, -0.15) is 0 Å². The first kappa shape index (κ1) is 15.1. The van der Waals surface area contributed by atoms with Gasteiger partial charge in [0.25, 0.3) is 0 Å². The molecule has 0 aliphatic heterocycles.